The molecular formula is C69H108N14O29S2. The Morgan fingerprint density at radius 3 is 1.00 bits per heavy atom. The lowest BCUT2D eigenvalue weighted by molar-refractivity contribution is -0.138. The first kappa shape index (κ1) is 97.6. The molecule has 0 radical (unpaired) electrons. The maximum absolute atomic E-state index is 14.2. The summed E-state index contributed by atoms with van der Waals surface area (Å²) >= 11 is 1.50. The van der Waals surface area contributed by atoms with Crippen molar-refractivity contribution < 1.29 is 143 Å². The number of unbranched alkanes of at least 4 members (excludes halogenated alkanes) is 4. The summed E-state index contributed by atoms with van der Waals surface area (Å²) in [5.74, 6) is -16.1. The molecule has 0 aliphatic heterocycles. The molecule has 30 N–H and O–H groups in total. The van der Waals surface area contributed by atoms with Gasteiger partial charge in [-0.2, -0.15) is 0 Å². The summed E-state index contributed by atoms with van der Waals surface area (Å²) in [6, 6.07) is -8.97. The van der Waals surface area contributed by atoms with Gasteiger partial charge in [-0.1, -0.05) is 0 Å². The second-order valence-electron chi connectivity index (χ2n) is 27.5. The second kappa shape index (κ2) is 50.5. The van der Waals surface area contributed by atoms with Crippen LogP contribution in [-0.4, -0.2) is 339 Å². The number of rotatable bonds is 50. The average Bonchev–Trinajstić information content (AvgIpc) is 0.890. The number of carboxylic acids is 2. The standard InChI is InChI=1S/C69H108N14O29S2/c70-14-5-1-9-37(64(107)75-18-13-51(71)92)81-67(110)38(78-53(94)32-114-30-42(66(109)77-28-55(97)98)83-69(112)40(80-63(106)36-25-49(90)59(102)50(91)26-36)12-4-8-17-74-61(104)34-21-45(86)57(100)46(87)22-34)10-2-6-15-72-52(93)31-113-29-41(65(108)76-27-54(95)96)82-68(111)39(79-62(105)35-23-47(88)58(101)48(89)24-35)11-3-7-16-73-60(103)33-19-43(84)56(99)44(85)20-33/h19,21,23,25,37-50,56-59,84-91,99-102H,1-18,20,22,24,26-32,70H2,(H2,71,92)(H,72,93)(H,73,103)(H,74,104)(H,75,107)(H,76,108)(H,77,109)(H,78,94)(H,79,105)(H,80,106)(H,81,110)(H,82,111)(H,83,112)(H,95,96)(H,97,98)/t37-,38-,39-,40-,41-,42-,43+,44+,45+,46+,47+,48+,49+,50+,56+,57+,58+,59+/m0/s1. The average molecular weight is 1660 g/mol. The molecule has 640 valence electrons. The molecule has 4 rings (SSSR count). The van der Waals surface area contributed by atoms with Crippen LogP contribution in [0.2, 0.25) is 0 Å². The lowest BCUT2D eigenvalue weighted by atomic mass is 9.91. The zero-order valence-corrected chi connectivity index (χ0v) is 64.0. The molecule has 13 amide bonds. The highest BCUT2D eigenvalue weighted by molar-refractivity contribution is 8.00. The first-order valence-corrected chi connectivity index (χ1v) is 39.3. The largest absolute Gasteiger partial charge is 0.480 e. The Labute approximate surface area is 662 Å². The third-order valence-electron chi connectivity index (χ3n) is 18.3. The molecule has 0 aromatic carbocycles. The highest BCUT2D eigenvalue weighted by Crippen LogP contribution is 2.25. The van der Waals surface area contributed by atoms with Crippen LogP contribution in [-0.2, 0) is 71.9 Å². The monoisotopic (exact) mass is 1660 g/mol. The zero-order chi connectivity index (χ0) is 84.9. The van der Waals surface area contributed by atoms with E-state index in [0.717, 1.165) is 36.1 Å². The zero-order valence-electron chi connectivity index (χ0n) is 62.4. The van der Waals surface area contributed by atoms with Gasteiger partial charge < -0.3 is 147 Å². The molecule has 0 spiro atoms. The summed E-state index contributed by atoms with van der Waals surface area (Å²) in [5.41, 5.74) is 10.5. The van der Waals surface area contributed by atoms with Crippen LogP contribution in [0.25, 0.3) is 0 Å². The van der Waals surface area contributed by atoms with E-state index in [9.17, 15) is 143 Å². The number of carbonyl (C=O) groups is 15. The molecule has 0 fully saturated rings. The Bertz CT molecular complexity index is 3460. The van der Waals surface area contributed by atoms with Gasteiger partial charge in [0.25, 0.3) is 0 Å². The number of hydrogen-bond acceptors (Lipinski definition) is 30. The van der Waals surface area contributed by atoms with Gasteiger partial charge in [0, 0.05) is 92.1 Å². The van der Waals surface area contributed by atoms with Gasteiger partial charge in [-0.05, 0) is 108 Å². The molecule has 0 unspecified atom stereocenters. The molecule has 4 aliphatic carbocycles. The van der Waals surface area contributed by atoms with Crippen molar-refractivity contribution in [3.05, 3.63) is 46.6 Å². The molecule has 0 saturated carbocycles. The molecular weight excluding hydrogens is 1550 g/mol. The summed E-state index contributed by atoms with van der Waals surface area (Å²) < 4.78 is 0. The van der Waals surface area contributed by atoms with Gasteiger partial charge in [0.2, 0.25) is 76.8 Å². The predicted molar refractivity (Wildman–Crippen MR) is 401 cm³/mol. The number of aliphatic carboxylic acids is 2. The van der Waals surface area contributed by atoms with E-state index in [0.29, 0.717) is 24.6 Å². The normalized spacial score (nSPS) is 23.5. The van der Waals surface area contributed by atoms with Crippen molar-refractivity contribution in [3.8, 4) is 0 Å². The lowest BCUT2D eigenvalue weighted by Crippen LogP contribution is -2.55. The SMILES string of the molecule is NCCCC[C@H](NC(=O)[C@H](CCCCNC(=O)CSC[C@H](NC(=O)[C@H](CCCCNC(=O)C1=C[C@@H](O)[C@@H](O)[C@H](O)C1)NC(=O)C1=C[C@@H](O)[C@@H](O)[C@H](O)C1)C(=O)NCC(=O)O)NC(=O)CSC[C@H](NC(=O)[C@H](CCCCNC(=O)C1=C[C@@H](O)[C@@H](O)[C@H](O)C1)NC(=O)C1=C[C@@H](O)[C@@H](O)[C@H](O)C1)C(=O)NCC(=O)O)C(=O)NCCC(N)=O. The minimum atomic E-state index is -1.69. The van der Waals surface area contributed by atoms with Gasteiger partial charge in [0.1, 0.15) is 98.2 Å². The molecule has 4 aliphatic rings. The van der Waals surface area contributed by atoms with Crippen molar-refractivity contribution in [1.29, 1.82) is 0 Å². The summed E-state index contributed by atoms with van der Waals surface area (Å²) in [5, 5.41) is 169. The Morgan fingerprint density at radius 1 is 0.351 bits per heavy atom. The number of nitrogens with two attached hydrogens (primary N) is 2. The van der Waals surface area contributed by atoms with Crippen molar-refractivity contribution in [3.63, 3.8) is 0 Å². The smallest absolute Gasteiger partial charge is 0.322 e. The van der Waals surface area contributed by atoms with Crippen LogP contribution < -0.4 is 75.3 Å². The van der Waals surface area contributed by atoms with Crippen LogP contribution in [0.5, 0.6) is 0 Å². The van der Waals surface area contributed by atoms with Crippen molar-refractivity contribution in [1.82, 2.24) is 63.8 Å². The van der Waals surface area contributed by atoms with E-state index in [2.05, 4.69) is 63.8 Å². The maximum atomic E-state index is 14.2. The van der Waals surface area contributed by atoms with Gasteiger partial charge in [-0.25, -0.2) is 0 Å². The third-order valence-corrected chi connectivity index (χ3v) is 20.3. The first-order chi connectivity index (χ1) is 53.9. The Balaban J connectivity index is 1.47. The number of thioether (sulfide) groups is 2. The minimum Gasteiger partial charge on any atom is -0.480 e. The van der Waals surface area contributed by atoms with E-state index < -0.39 is 236 Å². The van der Waals surface area contributed by atoms with Crippen molar-refractivity contribution in [2.24, 2.45) is 11.5 Å². The molecule has 114 heavy (non-hydrogen) atoms. The minimum absolute atomic E-state index is 0.00589. The fraction of sp³-hybridized carbons (Fsp3) is 0.667. The molecule has 0 saturated heterocycles. The summed E-state index contributed by atoms with van der Waals surface area (Å²) in [6.45, 7) is -2.02. The number of carboxylic acid groups (broad SMARTS) is 2. The fourth-order valence-electron chi connectivity index (χ4n) is 11.8. The molecule has 0 bridgehead atoms. The fourth-order valence-corrected chi connectivity index (χ4v) is 13.6. The van der Waals surface area contributed by atoms with Crippen LogP contribution in [0.1, 0.15) is 109 Å². The van der Waals surface area contributed by atoms with Crippen molar-refractivity contribution >= 4 is 112 Å². The van der Waals surface area contributed by atoms with Crippen molar-refractivity contribution in [2.75, 3.05) is 68.8 Å². The van der Waals surface area contributed by atoms with Crippen LogP contribution in [0.4, 0.5) is 0 Å². The number of amides is 13. The Hall–Kier alpha value is -8.81. The molecule has 0 heterocycles. The molecule has 18 atom stereocenters. The number of nitrogens with one attached hydrogen (secondary N) is 12. The number of aliphatic hydroxyl groups excluding tert-OH is 12. The topological polar surface area (TPSA) is 736 Å². The summed E-state index contributed by atoms with van der Waals surface area (Å²) in [6.07, 6.45) is -15.6. The van der Waals surface area contributed by atoms with E-state index in [-0.39, 0.29) is 150 Å². The second-order valence-corrected chi connectivity index (χ2v) is 29.6. The van der Waals surface area contributed by atoms with Gasteiger partial charge in [-0.15, -0.1) is 23.5 Å². The Morgan fingerprint density at radius 2 is 0.658 bits per heavy atom. The number of carbonyl (C=O) groups excluding carboxylic acids is 13. The van der Waals surface area contributed by atoms with Crippen LogP contribution in [0.3, 0.4) is 0 Å². The molecule has 45 heteroatoms. The van der Waals surface area contributed by atoms with Crippen molar-refractivity contribution in [2.45, 2.75) is 219 Å². The van der Waals surface area contributed by atoms with E-state index in [4.69, 9.17) is 11.5 Å². The maximum Gasteiger partial charge on any atom is 0.322 e. The van der Waals surface area contributed by atoms with Crippen LogP contribution >= 0.6 is 23.5 Å². The quantitative estimate of drug-likeness (QED) is 0.0252. The highest BCUT2D eigenvalue weighted by atomic mass is 32.2. The Kier molecular flexibility index (Phi) is 43.2. The molecule has 0 aromatic heterocycles. The number of primary amides is 1. The predicted octanol–water partition coefficient (Wildman–Crippen LogP) is -11.6. The van der Waals surface area contributed by atoms with Gasteiger partial charge in [-0.3, -0.25) is 71.9 Å². The molecule has 0 aromatic rings. The lowest BCUT2D eigenvalue weighted by Gasteiger charge is -2.28. The highest BCUT2D eigenvalue weighted by Gasteiger charge is 2.38. The van der Waals surface area contributed by atoms with Crippen LogP contribution in [0, 0.1) is 0 Å². The van der Waals surface area contributed by atoms with Crippen LogP contribution in [0.15, 0.2) is 46.6 Å². The third kappa shape index (κ3) is 34.7. The molecule has 43 nitrogen and oxygen atoms in total. The summed E-state index contributed by atoms with van der Waals surface area (Å²) in [7, 11) is 0. The van der Waals surface area contributed by atoms with E-state index >= 15 is 0 Å². The van der Waals surface area contributed by atoms with E-state index in [1.54, 1.807) is 0 Å². The van der Waals surface area contributed by atoms with Gasteiger partial charge in [0.05, 0.1) is 35.9 Å². The number of hydrogen-bond donors (Lipinski definition) is 28. The van der Waals surface area contributed by atoms with Gasteiger partial charge in [0.15, 0.2) is 0 Å². The summed E-state index contributed by atoms with van der Waals surface area (Å²) in [4.78, 5) is 198. The van der Waals surface area contributed by atoms with E-state index in [1.807, 2.05) is 0 Å². The first-order valence-electron chi connectivity index (χ1n) is 37.0. The van der Waals surface area contributed by atoms with Gasteiger partial charge >= 0.3 is 11.9 Å². The van der Waals surface area contributed by atoms with E-state index in [1.165, 1.54) is 0 Å². The number of aliphatic hydroxyl groups is 12.